The summed E-state index contributed by atoms with van der Waals surface area (Å²) in [6.07, 6.45) is 6.28. The van der Waals surface area contributed by atoms with Crippen molar-refractivity contribution in [2.45, 2.75) is 13.0 Å². The van der Waals surface area contributed by atoms with Crippen molar-refractivity contribution in [2.24, 2.45) is 5.92 Å². The van der Waals surface area contributed by atoms with Crippen molar-refractivity contribution < 1.29 is 18.8 Å². The Morgan fingerprint density at radius 2 is 2.25 bits per heavy atom. The highest BCUT2D eigenvalue weighted by atomic mass is 32.1. The molecule has 2 aromatic rings. The zero-order chi connectivity index (χ0) is 13.7. The zero-order valence-electron chi connectivity index (χ0n) is 10.9. The van der Waals surface area contributed by atoms with E-state index in [4.69, 9.17) is 9.26 Å². The van der Waals surface area contributed by atoms with E-state index in [9.17, 15) is 9.59 Å². The lowest BCUT2D eigenvalue weighted by Gasteiger charge is -2.13. The second-order valence-electron chi connectivity index (χ2n) is 3.98. The third-order valence-corrected chi connectivity index (χ3v) is 2.67. The molecule has 0 spiro atoms. The Hall–Kier alpha value is -2.09. The lowest BCUT2D eigenvalue weighted by atomic mass is 10.0. The van der Waals surface area contributed by atoms with Crippen LogP contribution in [-0.4, -0.2) is 33.6 Å². The largest absolute Gasteiger partial charge is 0.469 e. The number of imidazole rings is 1. The van der Waals surface area contributed by atoms with E-state index in [0.29, 0.717) is 6.54 Å². The highest BCUT2D eigenvalue weighted by Crippen LogP contribution is 2.14. The lowest BCUT2D eigenvalue weighted by Crippen LogP contribution is -2.24. The molecule has 0 unspecified atom stereocenters. The van der Waals surface area contributed by atoms with Gasteiger partial charge in [-0.2, -0.15) is 13.5 Å². The molecule has 8 heteroatoms. The number of esters is 1. The molecule has 0 aliphatic rings. The molecular weight excluding hydrogens is 282 g/mol. The van der Waals surface area contributed by atoms with Crippen LogP contribution in [-0.2, 0) is 16.1 Å². The minimum atomic E-state index is -0.586. The summed E-state index contributed by atoms with van der Waals surface area (Å²) < 4.78 is 11.2. The summed E-state index contributed by atoms with van der Waals surface area (Å²) in [6.45, 7) is 0.326. The third-order valence-electron chi connectivity index (χ3n) is 2.67. The van der Waals surface area contributed by atoms with Gasteiger partial charge in [0.1, 0.15) is 0 Å². The Labute approximate surface area is 122 Å². The summed E-state index contributed by atoms with van der Waals surface area (Å²) in [7, 11) is 1.29. The summed E-state index contributed by atoms with van der Waals surface area (Å²) in [5, 5.41) is 3.46. The molecule has 0 radical (unpaired) electrons. The highest BCUT2D eigenvalue weighted by Gasteiger charge is 2.25. The molecule has 20 heavy (non-hydrogen) atoms. The number of rotatable bonds is 6. The number of carbonyl (C=O) groups excluding carboxylic acids is 2. The number of Topliss-reactive ketones (excluding diaryl/α,β-unsaturated/α-hetero) is 1. The molecule has 108 valence electrons. The zero-order valence-corrected chi connectivity index (χ0v) is 11.9. The molecule has 2 heterocycles. The van der Waals surface area contributed by atoms with Gasteiger partial charge in [-0.15, -0.1) is 0 Å². The van der Waals surface area contributed by atoms with Gasteiger partial charge in [0.05, 0.1) is 25.6 Å². The fourth-order valence-electron chi connectivity index (χ4n) is 1.72. The maximum atomic E-state index is 11.9. The molecule has 0 saturated carbocycles. The molecule has 1 atom stereocenters. The Kier molecular flexibility index (Phi) is 5.98. The van der Waals surface area contributed by atoms with Crippen LogP contribution in [0.2, 0.25) is 0 Å². The van der Waals surface area contributed by atoms with Crippen LogP contribution in [0.5, 0.6) is 0 Å². The van der Waals surface area contributed by atoms with E-state index in [1.54, 1.807) is 23.3 Å². The molecule has 0 aliphatic carbocycles. The van der Waals surface area contributed by atoms with Crippen LogP contribution in [0.1, 0.15) is 17.0 Å². The van der Waals surface area contributed by atoms with Crippen molar-refractivity contribution in [1.29, 1.82) is 0 Å². The van der Waals surface area contributed by atoms with Crippen molar-refractivity contribution >= 4 is 25.2 Å². The maximum Gasteiger partial charge on any atom is 0.310 e. The van der Waals surface area contributed by atoms with Crippen LogP contribution in [0.3, 0.4) is 0 Å². The van der Waals surface area contributed by atoms with Crippen LogP contribution < -0.4 is 0 Å². The molecule has 2 rings (SSSR count). The van der Waals surface area contributed by atoms with Gasteiger partial charge in [0.25, 0.3) is 0 Å². The Bertz CT molecular complexity index is 539. The Balaban J connectivity index is 0.00000200. The predicted molar refractivity (Wildman–Crippen MR) is 73.6 cm³/mol. The van der Waals surface area contributed by atoms with Crippen molar-refractivity contribution in [3.05, 3.63) is 36.7 Å². The minimum absolute atomic E-state index is 0. The average molecular weight is 297 g/mol. The van der Waals surface area contributed by atoms with Crippen LogP contribution in [0.4, 0.5) is 0 Å². The molecule has 0 aromatic carbocycles. The summed E-state index contributed by atoms with van der Waals surface area (Å²) in [6, 6.07) is 1.47. The Morgan fingerprint density at radius 1 is 1.45 bits per heavy atom. The molecule has 0 fully saturated rings. The van der Waals surface area contributed by atoms with Crippen LogP contribution >= 0.6 is 13.5 Å². The summed E-state index contributed by atoms with van der Waals surface area (Å²) in [5.74, 6) is -1.18. The third kappa shape index (κ3) is 3.95. The van der Waals surface area contributed by atoms with E-state index in [2.05, 4.69) is 10.1 Å². The van der Waals surface area contributed by atoms with Crippen LogP contribution in [0.25, 0.3) is 0 Å². The van der Waals surface area contributed by atoms with Crippen molar-refractivity contribution in [2.75, 3.05) is 7.11 Å². The predicted octanol–water partition coefficient (Wildman–Crippen LogP) is 1.05. The number of hydrogen-bond donors (Lipinski definition) is 0. The number of hydrogen-bond acceptors (Lipinski definition) is 6. The first-order chi connectivity index (χ1) is 9.20. The van der Waals surface area contributed by atoms with Gasteiger partial charge in [-0.25, -0.2) is 4.98 Å². The molecule has 0 bridgehead atoms. The average Bonchev–Trinajstić information content (AvgIpc) is 3.09. The molecule has 0 N–H and O–H groups in total. The molecule has 2 aromatic heterocycles. The maximum absolute atomic E-state index is 11.9. The van der Waals surface area contributed by atoms with Gasteiger partial charge >= 0.3 is 5.97 Å². The normalized spacial score (nSPS) is 11.4. The van der Waals surface area contributed by atoms with Gasteiger partial charge < -0.3 is 13.8 Å². The quantitative estimate of drug-likeness (QED) is 0.585. The number of aromatic nitrogens is 3. The number of methoxy groups -OCH3 is 1. The second-order valence-corrected chi connectivity index (χ2v) is 3.98. The smallest absolute Gasteiger partial charge is 0.310 e. The number of carbonyl (C=O) groups is 2. The first-order valence-electron chi connectivity index (χ1n) is 5.68. The van der Waals surface area contributed by atoms with Crippen LogP contribution in [0, 0.1) is 5.92 Å². The minimum Gasteiger partial charge on any atom is -0.469 e. The summed E-state index contributed by atoms with van der Waals surface area (Å²) in [5.41, 5.74) is 0. The van der Waals surface area contributed by atoms with Crippen LogP contribution in [0.15, 0.2) is 35.5 Å². The van der Waals surface area contributed by atoms with Gasteiger partial charge in [-0.1, -0.05) is 5.16 Å². The molecule has 0 amide bonds. The van der Waals surface area contributed by atoms with Gasteiger partial charge in [0.2, 0.25) is 11.5 Å². The fraction of sp³-hybridized carbons (Fsp3) is 0.333. The topological polar surface area (TPSA) is 87.2 Å². The fourth-order valence-corrected chi connectivity index (χ4v) is 1.72. The van der Waals surface area contributed by atoms with Gasteiger partial charge in [-0.05, 0) is 0 Å². The monoisotopic (exact) mass is 297 g/mol. The van der Waals surface area contributed by atoms with Gasteiger partial charge in [0.15, 0.2) is 0 Å². The van der Waals surface area contributed by atoms with E-state index in [0.717, 1.165) is 0 Å². The van der Waals surface area contributed by atoms with E-state index < -0.39 is 11.9 Å². The van der Waals surface area contributed by atoms with Gasteiger partial charge in [0, 0.05) is 31.4 Å². The van der Waals surface area contributed by atoms with Crippen molar-refractivity contribution in [3.8, 4) is 0 Å². The molecular formula is C12H15N3O4S. The van der Waals surface area contributed by atoms with Crippen molar-refractivity contribution in [1.82, 2.24) is 14.7 Å². The molecule has 7 nitrogen and oxygen atoms in total. The number of ketones is 1. The molecule has 0 aliphatic heterocycles. The SMILES string of the molecule is COC(=O)[C@@H](CC(=O)c1ccno1)Cn1ccnc1.S. The first kappa shape index (κ1) is 16.0. The first-order valence-corrected chi connectivity index (χ1v) is 5.68. The van der Waals surface area contributed by atoms with E-state index in [-0.39, 0.29) is 31.5 Å². The number of nitrogens with zero attached hydrogens (tertiary/aromatic N) is 3. The lowest BCUT2D eigenvalue weighted by molar-refractivity contribution is -0.145. The highest BCUT2D eigenvalue weighted by molar-refractivity contribution is 7.59. The van der Waals surface area contributed by atoms with E-state index in [1.165, 1.54) is 19.4 Å². The van der Waals surface area contributed by atoms with E-state index in [1.807, 2.05) is 0 Å². The number of ether oxygens (including phenoxy) is 1. The standard InChI is InChI=1S/C12H13N3O4.H2S/c1-18-12(17)9(7-15-5-4-13-8-15)6-10(16)11-2-3-14-19-11;/h2-5,8-9H,6-7H2,1H3;1H2/t9-;/m0./s1. The molecule has 0 saturated heterocycles. The van der Waals surface area contributed by atoms with E-state index >= 15 is 0 Å². The van der Waals surface area contributed by atoms with Gasteiger partial charge in [-0.3, -0.25) is 9.59 Å². The van der Waals surface area contributed by atoms with Crippen molar-refractivity contribution in [3.63, 3.8) is 0 Å². The summed E-state index contributed by atoms with van der Waals surface area (Å²) in [4.78, 5) is 27.5. The summed E-state index contributed by atoms with van der Waals surface area (Å²) >= 11 is 0. The Morgan fingerprint density at radius 3 is 2.80 bits per heavy atom. The second kappa shape index (κ2) is 7.49.